The number of aliphatic hydroxyl groups is 2. The summed E-state index contributed by atoms with van der Waals surface area (Å²) in [7, 11) is 0. The van der Waals surface area contributed by atoms with E-state index in [-0.39, 0.29) is 26.4 Å². The summed E-state index contributed by atoms with van der Waals surface area (Å²) in [4.78, 5) is 25.6. The normalized spacial score (nSPS) is 11.4. The topological polar surface area (TPSA) is 112 Å². The van der Waals surface area contributed by atoms with Gasteiger partial charge in [0.2, 0.25) is 0 Å². The minimum Gasteiger partial charge on any atom is -0.493 e. The van der Waals surface area contributed by atoms with Crippen LogP contribution in [0.4, 0.5) is 0 Å². The van der Waals surface area contributed by atoms with Gasteiger partial charge in [0.15, 0.2) is 0 Å². The highest BCUT2D eigenvalue weighted by Crippen LogP contribution is 2.50. The van der Waals surface area contributed by atoms with Crippen LogP contribution in [0.15, 0.2) is 87.1 Å². The molecule has 0 atom stereocenters. The lowest BCUT2D eigenvalue weighted by molar-refractivity contribution is -0.130. The second-order valence-corrected chi connectivity index (χ2v) is 11.7. The maximum absolute atomic E-state index is 12.8. The summed E-state index contributed by atoms with van der Waals surface area (Å²) in [5, 5.41) is 19.2. The third-order valence-electron chi connectivity index (χ3n) is 7.69. The lowest BCUT2D eigenvalue weighted by Gasteiger charge is -2.34. The van der Waals surface area contributed by atoms with Gasteiger partial charge < -0.3 is 29.2 Å². The van der Waals surface area contributed by atoms with E-state index in [1.165, 1.54) is 12.2 Å². The highest BCUT2D eigenvalue weighted by atomic mass is 16.5. The van der Waals surface area contributed by atoms with E-state index in [1.54, 1.807) is 50.3 Å². The zero-order valence-electron chi connectivity index (χ0n) is 29.5. The maximum atomic E-state index is 12.8. The molecule has 0 heterocycles. The second kappa shape index (κ2) is 20.6. The van der Waals surface area contributed by atoms with Crippen molar-refractivity contribution in [1.82, 2.24) is 0 Å². The number of rotatable bonds is 22. The first-order chi connectivity index (χ1) is 23.6. The monoisotopic (exact) mass is 672 g/mol. The summed E-state index contributed by atoms with van der Waals surface area (Å²) in [6.07, 6.45) is 15.0. The van der Waals surface area contributed by atoms with Gasteiger partial charge in [0, 0.05) is 65.9 Å². The van der Waals surface area contributed by atoms with Crippen LogP contribution < -0.4 is 18.9 Å². The number of benzene rings is 2. The van der Waals surface area contributed by atoms with Crippen molar-refractivity contribution in [3.05, 3.63) is 120 Å². The Morgan fingerprint density at radius 3 is 1.33 bits per heavy atom. The van der Waals surface area contributed by atoms with E-state index in [2.05, 4.69) is 26.3 Å². The molecule has 0 bridgehead atoms. The molecular weight excluding hydrogens is 620 g/mol. The van der Waals surface area contributed by atoms with Crippen molar-refractivity contribution < 1.29 is 38.7 Å². The van der Waals surface area contributed by atoms with Gasteiger partial charge in [-0.05, 0) is 62.8 Å². The van der Waals surface area contributed by atoms with Crippen molar-refractivity contribution in [1.29, 1.82) is 0 Å². The van der Waals surface area contributed by atoms with E-state index in [0.717, 1.165) is 22.3 Å². The molecule has 0 saturated heterocycles. The lowest BCUT2D eigenvalue weighted by atomic mass is 9.73. The van der Waals surface area contributed by atoms with Crippen molar-refractivity contribution in [2.75, 3.05) is 26.4 Å². The van der Waals surface area contributed by atoms with Gasteiger partial charge >= 0.3 is 11.9 Å². The molecule has 2 aromatic rings. The van der Waals surface area contributed by atoms with Crippen LogP contribution in [0.5, 0.6) is 23.0 Å². The standard InChI is InChI=1S/C41H52O8/c1-9-17-29-27-33(39(46-25-15-23-42)31(19-11-3)37(29)48-35(44)21-13-5)41(7,8)34-28-30(18-10-2)38(49-36(45)22-14-6)32(20-12-4)40(34)47-26-16-24-43/h9-14,21-22,27-28,42-43H,1-4,15-20,23-26H2,5-8H3. The predicted molar refractivity (Wildman–Crippen MR) is 196 cm³/mol. The summed E-state index contributed by atoms with van der Waals surface area (Å²) >= 11 is 0. The summed E-state index contributed by atoms with van der Waals surface area (Å²) in [6.45, 7) is 23.6. The fourth-order valence-corrected chi connectivity index (χ4v) is 5.48. The number of ether oxygens (including phenoxy) is 4. The Kier molecular flexibility index (Phi) is 17.1. The van der Waals surface area contributed by atoms with Gasteiger partial charge in [-0.25, -0.2) is 9.59 Å². The van der Waals surface area contributed by atoms with Gasteiger partial charge in [0.05, 0.1) is 13.2 Å². The van der Waals surface area contributed by atoms with Crippen LogP contribution >= 0.6 is 0 Å². The van der Waals surface area contributed by atoms with Gasteiger partial charge in [-0.15, -0.1) is 26.3 Å². The molecule has 0 aromatic heterocycles. The van der Waals surface area contributed by atoms with Crippen molar-refractivity contribution >= 4 is 11.9 Å². The summed E-state index contributed by atoms with van der Waals surface area (Å²) in [5.41, 5.74) is 3.39. The second-order valence-electron chi connectivity index (χ2n) is 11.7. The van der Waals surface area contributed by atoms with Crippen LogP contribution in [0.1, 0.15) is 73.9 Å². The average molecular weight is 673 g/mol. The SMILES string of the molecule is C=CCc1cc(C(C)(C)c2cc(CC=C)c(OC(=O)C=CC)c(CC=C)c2OCCCO)c(OCCCO)c(CC=C)c1OC(=O)C=CC. The number of hydrogen-bond donors (Lipinski definition) is 2. The Bertz CT molecular complexity index is 1430. The fraction of sp³-hybridized carbons (Fsp3) is 0.366. The van der Waals surface area contributed by atoms with E-state index in [0.29, 0.717) is 72.6 Å². The fourth-order valence-electron chi connectivity index (χ4n) is 5.48. The van der Waals surface area contributed by atoms with Crippen LogP contribution in [-0.2, 0) is 40.7 Å². The molecule has 8 nitrogen and oxygen atoms in total. The van der Waals surface area contributed by atoms with E-state index >= 15 is 0 Å². The lowest BCUT2D eigenvalue weighted by Crippen LogP contribution is -2.25. The molecule has 0 saturated carbocycles. The van der Waals surface area contributed by atoms with E-state index in [4.69, 9.17) is 18.9 Å². The number of esters is 2. The number of aliphatic hydroxyl groups excluding tert-OH is 2. The van der Waals surface area contributed by atoms with Crippen LogP contribution in [0.3, 0.4) is 0 Å². The molecule has 8 heteroatoms. The Labute approximate surface area is 291 Å². The molecule has 2 N–H and O–H groups in total. The summed E-state index contributed by atoms with van der Waals surface area (Å²) in [6, 6.07) is 3.91. The Hall–Kier alpha value is -4.66. The smallest absolute Gasteiger partial charge is 0.335 e. The molecule has 0 aliphatic carbocycles. The van der Waals surface area contributed by atoms with Crippen molar-refractivity contribution in [3.8, 4) is 23.0 Å². The first kappa shape index (κ1) is 40.5. The molecule has 0 unspecified atom stereocenters. The van der Waals surface area contributed by atoms with E-state index < -0.39 is 17.4 Å². The molecule has 0 spiro atoms. The molecular formula is C41H52O8. The first-order valence-electron chi connectivity index (χ1n) is 16.6. The molecule has 2 rings (SSSR count). The van der Waals surface area contributed by atoms with Gasteiger partial charge in [0.25, 0.3) is 0 Å². The maximum Gasteiger partial charge on any atom is 0.335 e. The zero-order chi connectivity index (χ0) is 36.4. The number of carbonyl (C=O) groups is 2. The molecule has 49 heavy (non-hydrogen) atoms. The zero-order valence-corrected chi connectivity index (χ0v) is 29.5. The van der Waals surface area contributed by atoms with E-state index in [1.807, 2.05) is 26.0 Å². The summed E-state index contributed by atoms with van der Waals surface area (Å²) in [5.74, 6) is 0.665. The average Bonchev–Trinajstić information content (AvgIpc) is 3.06. The van der Waals surface area contributed by atoms with Gasteiger partial charge in [0.1, 0.15) is 23.0 Å². The molecule has 0 aliphatic rings. The molecule has 0 amide bonds. The summed E-state index contributed by atoms with van der Waals surface area (Å²) < 4.78 is 24.8. The molecule has 0 fully saturated rings. The minimum absolute atomic E-state index is 0.0702. The van der Waals surface area contributed by atoms with E-state index in [9.17, 15) is 19.8 Å². The first-order valence-corrected chi connectivity index (χ1v) is 16.6. The Morgan fingerprint density at radius 2 is 1.02 bits per heavy atom. The Morgan fingerprint density at radius 1 is 0.653 bits per heavy atom. The molecule has 0 aliphatic heterocycles. The van der Waals surface area contributed by atoms with Crippen LogP contribution in [0, 0.1) is 0 Å². The van der Waals surface area contributed by atoms with Crippen LogP contribution in [0.2, 0.25) is 0 Å². The number of hydrogen-bond acceptors (Lipinski definition) is 8. The molecule has 2 aromatic carbocycles. The van der Waals surface area contributed by atoms with Crippen molar-refractivity contribution in [3.63, 3.8) is 0 Å². The van der Waals surface area contributed by atoms with Crippen molar-refractivity contribution in [2.45, 2.75) is 71.6 Å². The van der Waals surface area contributed by atoms with Crippen molar-refractivity contribution in [2.24, 2.45) is 0 Å². The van der Waals surface area contributed by atoms with Gasteiger partial charge in [-0.2, -0.15) is 0 Å². The molecule has 264 valence electrons. The highest BCUT2D eigenvalue weighted by Gasteiger charge is 2.36. The number of allylic oxidation sites excluding steroid dienone is 6. The largest absolute Gasteiger partial charge is 0.493 e. The third-order valence-corrected chi connectivity index (χ3v) is 7.69. The van der Waals surface area contributed by atoms with Gasteiger partial charge in [-0.3, -0.25) is 0 Å². The number of carbonyl (C=O) groups excluding carboxylic acids is 2. The molecule has 0 radical (unpaired) electrons. The van der Waals surface area contributed by atoms with Crippen LogP contribution in [-0.4, -0.2) is 48.6 Å². The van der Waals surface area contributed by atoms with Gasteiger partial charge in [-0.1, -0.05) is 50.3 Å². The quantitative estimate of drug-likeness (QED) is 0.0438. The third kappa shape index (κ3) is 10.7. The predicted octanol–water partition coefficient (Wildman–Crippen LogP) is 7.41. The Balaban J connectivity index is 3.17. The highest BCUT2D eigenvalue weighted by molar-refractivity contribution is 5.85. The van der Waals surface area contributed by atoms with Crippen LogP contribution in [0.25, 0.3) is 0 Å². The minimum atomic E-state index is -0.849.